The van der Waals surface area contributed by atoms with Gasteiger partial charge < -0.3 is 13.9 Å². The lowest BCUT2D eigenvalue weighted by Crippen LogP contribution is -2.40. The van der Waals surface area contributed by atoms with E-state index in [1.165, 1.54) is 18.4 Å². The van der Waals surface area contributed by atoms with E-state index in [4.69, 9.17) is 13.9 Å². The third-order valence-electron chi connectivity index (χ3n) is 3.40. The molecule has 2 aromatic rings. The molecule has 1 aliphatic rings. The number of aryl methyl sites for hydroxylation is 1. The second-order valence-electron chi connectivity index (χ2n) is 5.07. The van der Waals surface area contributed by atoms with Gasteiger partial charge in [0.05, 0.1) is 11.8 Å². The molecule has 2 N–H and O–H groups in total. The summed E-state index contributed by atoms with van der Waals surface area (Å²) in [6.07, 6.45) is 4.34. The summed E-state index contributed by atoms with van der Waals surface area (Å²) in [7, 11) is 0. The maximum atomic E-state index is 11.8. The molecule has 124 valence electrons. The molecule has 0 saturated heterocycles. The van der Waals surface area contributed by atoms with E-state index in [0.29, 0.717) is 36.0 Å². The minimum atomic E-state index is -0.459. The number of amides is 2. The molecule has 2 amide bonds. The molecule has 0 atom stereocenters. The summed E-state index contributed by atoms with van der Waals surface area (Å²) in [5.74, 6) is 0.911. The molecule has 0 spiro atoms. The Morgan fingerprint density at radius 2 is 1.88 bits per heavy atom. The Bertz CT molecular complexity index is 794. The molecular weight excluding hydrogens is 312 g/mol. The number of ether oxygens (including phenoxy) is 2. The predicted octanol–water partition coefficient (Wildman–Crippen LogP) is 1.83. The van der Waals surface area contributed by atoms with Crippen molar-refractivity contribution < 1.29 is 23.5 Å². The Balaban J connectivity index is 1.56. The van der Waals surface area contributed by atoms with Crippen molar-refractivity contribution in [1.82, 2.24) is 10.9 Å². The van der Waals surface area contributed by atoms with Gasteiger partial charge in [0, 0.05) is 6.08 Å². The maximum Gasteiger partial charge on any atom is 0.273 e. The fourth-order valence-corrected chi connectivity index (χ4v) is 2.18. The van der Waals surface area contributed by atoms with Gasteiger partial charge in [-0.2, -0.15) is 0 Å². The summed E-state index contributed by atoms with van der Waals surface area (Å²) in [5, 5.41) is 0. The Labute approximate surface area is 138 Å². The van der Waals surface area contributed by atoms with Crippen molar-refractivity contribution in [2.24, 2.45) is 0 Å². The summed E-state index contributed by atoms with van der Waals surface area (Å²) in [5.41, 5.74) is 5.78. The Hall–Kier alpha value is -3.22. The zero-order chi connectivity index (χ0) is 16.9. The lowest BCUT2D eigenvalue weighted by atomic mass is 10.2. The van der Waals surface area contributed by atoms with E-state index in [-0.39, 0.29) is 0 Å². The Morgan fingerprint density at radius 1 is 1.08 bits per heavy atom. The van der Waals surface area contributed by atoms with Crippen LogP contribution >= 0.6 is 0 Å². The highest BCUT2D eigenvalue weighted by molar-refractivity contribution is 5.98. The largest absolute Gasteiger partial charge is 0.486 e. The molecule has 0 bridgehead atoms. The van der Waals surface area contributed by atoms with Crippen LogP contribution in [0.3, 0.4) is 0 Å². The normalized spacial score (nSPS) is 12.9. The van der Waals surface area contributed by atoms with Crippen LogP contribution < -0.4 is 20.3 Å². The highest BCUT2D eigenvalue weighted by Gasteiger charge is 2.12. The molecule has 1 aromatic carbocycles. The molecule has 0 unspecified atom stereocenters. The van der Waals surface area contributed by atoms with Crippen LogP contribution in [0, 0.1) is 6.92 Å². The lowest BCUT2D eigenvalue weighted by molar-refractivity contribution is -0.117. The zero-order valence-electron chi connectivity index (χ0n) is 13.0. The molecule has 24 heavy (non-hydrogen) atoms. The smallest absolute Gasteiger partial charge is 0.273 e. The molecule has 3 rings (SSSR count). The highest BCUT2D eigenvalue weighted by atomic mass is 16.6. The van der Waals surface area contributed by atoms with Crippen LogP contribution in [-0.2, 0) is 4.79 Å². The molecular formula is C17H16N2O5. The number of fused-ring (bicyclic) bond motifs is 1. The van der Waals surface area contributed by atoms with Gasteiger partial charge >= 0.3 is 0 Å². The number of nitrogens with one attached hydrogen (secondary N) is 2. The van der Waals surface area contributed by atoms with E-state index in [1.807, 2.05) is 6.07 Å². The number of hydrogen-bond donors (Lipinski definition) is 2. The van der Waals surface area contributed by atoms with Gasteiger partial charge in [-0.3, -0.25) is 20.4 Å². The molecule has 0 aliphatic carbocycles. The molecule has 0 saturated carbocycles. The molecule has 1 aliphatic heterocycles. The number of rotatable bonds is 3. The van der Waals surface area contributed by atoms with Crippen molar-refractivity contribution in [2.45, 2.75) is 6.92 Å². The number of carbonyl (C=O) groups is 2. The van der Waals surface area contributed by atoms with Gasteiger partial charge in [0.15, 0.2) is 11.5 Å². The van der Waals surface area contributed by atoms with Gasteiger partial charge in [-0.15, -0.1) is 0 Å². The van der Waals surface area contributed by atoms with Gasteiger partial charge in [0.1, 0.15) is 19.0 Å². The summed E-state index contributed by atoms with van der Waals surface area (Å²) in [4.78, 5) is 23.6. The van der Waals surface area contributed by atoms with Gasteiger partial charge in [-0.25, -0.2) is 0 Å². The lowest BCUT2D eigenvalue weighted by Gasteiger charge is -2.18. The summed E-state index contributed by atoms with van der Waals surface area (Å²) in [6.45, 7) is 2.69. The van der Waals surface area contributed by atoms with Crippen LogP contribution in [0.15, 0.2) is 41.0 Å². The number of benzene rings is 1. The molecule has 7 nitrogen and oxygen atoms in total. The highest BCUT2D eigenvalue weighted by Crippen LogP contribution is 2.31. The van der Waals surface area contributed by atoms with Crippen molar-refractivity contribution in [3.63, 3.8) is 0 Å². The van der Waals surface area contributed by atoms with Crippen LogP contribution in [0.5, 0.6) is 11.5 Å². The second kappa shape index (κ2) is 6.91. The van der Waals surface area contributed by atoms with Crippen LogP contribution in [0.1, 0.15) is 21.7 Å². The minimum absolute atomic E-state index is 0.367. The number of hydrogen-bond acceptors (Lipinski definition) is 5. The topological polar surface area (TPSA) is 89.8 Å². The van der Waals surface area contributed by atoms with Gasteiger partial charge in [-0.05, 0) is 36.8 Å². The first-order valence-electron chi connectivity index (χ1n) is 7.35. The van der Waals surface area contributed by atoms with E-state index < -0.39 is 11.8 Å². The Morgan fingerprint density at radius 3 is 2.62 bits per heavy atom. The molecule has 0 radical (unpaired) electrons. The van der Waals surface area contributed by atoms with E-state index in [1.54, 1.807) is 25.1 Å². The van der Waals surface area contributed by atoms with Crippen LogP contribution in [0.2, 0.25) is 0 Å². The SMILES string of the molecule is Cc1occc1C(=O)NNC(=O)/C=C/c1ccc2c(c1)OCCO2. The van der Waals surface area contributed by atoms with Gasteiger partial charge in [-0.1, -0.05) is 6.07 Å². The summed E-state index contributed by atoms with van der Waals surface area (Å²) >= 11 is 0. The van der Waals surface area contributed by atoms with Gasteiger partial charge in [0.2, 0.25) is 0 Å². The standard InChI is InChI=1S/C17H16N2O5/c1-11-13(6-7-22-11)17(21)19-18-16(20)5-3-12-2-4-14-15(10-12)24-9-8-23-14/h2-7,10H,8-9H2,1H3,(H,18,20)(H,19,21)/b5-3+. The average Bonchev–Trinajstić information content (AvgIpc) is 3.03. The number of carbonyl (C=O) groups excluding carboxylic acids is 2. The zero-order valence-corrected chi connectivity index (χ0v) is 13.0. The van der Waals surface area contributed by atoms with E-state index >= 15 is 0 Å². The fourth-order valence-electron chi connectivity index (χ4n) is 2.18. The third kappa shape index (κ3) is 3.57. The summed E-state index contributed by atoms with van der Waals surface area (Å²) in [6, 6.07) is 6.91. The van der Waals surface area contributed by atoms with Gasteiger partial charge in [0.25, 0.3) is 11.8 Å². The first-order valence-corrected chi connectivity index (χ1v) is 7.35. The van der Waals surface area contributed by atoms with Crippen molar-refractivity contribution >= 4 is 17.9 Å². The molecule has 1 aromatic heterocycles. The van der Waals surface area contributed by atoms with E-state index in [9.17, 15) is 9.59 Å². The van der Waals surface area contributed by atoms with Crippen LogP contribution in [0.4, 0.5) is 0 Å². The minimum Gasteiger partial charge on any atom is -0.486 e. The van der Waals surface area contributed by atoms with Crippen LogP contribution in [-0.4, -0.2) is 25.0 Å². The predicted molar refractivity (Wildman–Crippen MR) is 85.5 cm³/mol. The molecule has 2 heterocycles. The van der Waals surface area contributed by atoms with E-state index in [0.717, 1.165) is 5.56 Å². The quantitative estimate of drug-likeness (QED) is 0.663. The van der Waals surface area contributed by atoms with Crippen molar-refractivity contribution in [3.8, 4) is 11.5 Å². The molecule has 7 heteroatoms. The summed E-state index contributed by atoms with van der Waals surface area (Å²) < 4.78 is 15.9. The van der Waals surface area contributed by atoms with Crippen molar-refractivity contribution in [3.05, 3.63) is 53.5 Å². The van der Waals surface area contributed by atoms with Crippen LogP contribution in [0.25, 0.3) is 6.08 Å². The third-order valence-corrected chi connectivity index (χ3v) is 3.40. The first-order chi connectivity index (χ1) is 11.6. The van der Waals surface area contributed by atoms with Crippen molar-refractivity contribution in [1.29, 1.82) is 0 Å². The fraction of sp³-hybridized carbons (Fsp3) is 0.176. The van der Waals surface area contributed by atoms with Crippen molar-refractivity contribution in [2.75, 3.05) is 13.2 Å². The van der Waals surface area contributed by atoms with E-state index in [2.05, 4.69) is 10.9 Å². The molecule has 0 fully saturated rings. The first kappa shape index (κ1) is 15.7. The maximum absolute atomic E-state index is 11.8. The number of furan rings is 1. The second-order valence-corrected chi connectivity index (χ2v) is 5.07. The average molecular weight is 328 g/mol. The Kier molecular flexibility index (Phi) is 4.51. The number of hydrazine groups is 1. The monoisotopic (exact) mass is 328 g/mol.